The summed E-state index contributed by atoms with van der Waals surface area (Å²) in [6, 6.07) is 2.79. The van der Waals surface area contributed by atoms with Crippen molar-refractivity contribution in [3.8, 4) is 0 Å². The summed E-state index contributed by atoms with van der Waals surface area (Å²) in [7, 11) is -3.77. The normalized spacial score (nSPS) is 16.9. The predicted octanol–water partition coefficient (Wildman–Crippen LogP) is 4.17. The van der Waals surface area contributed by atoms with Crippen LogP contribution in [-0.2, 0) is 23.0 Å². The molecule has 0 unspecified atom stereocenters. The summed E-state index contributed by atoms with van der Waals surface area (Å²) in [5, 5.41) is 3.57. The molecule has 0 bridgehead atoms. The first-order valence-electron chi connectivity index (χ1n) is 8.11. The summed E-state index contributed by atoms with van der Waals surface area (Å²) in [5.41, 5.74) is 1.03. The summed E-state index contributed by atoms with van der Waals surface area (Å²) in [4.78, 5) is 6.69. The molecule has 10 heteroatoms. The molecule has 142 valence electrons. The van der Waals surface area contributed by atoms with Crippen molar-refractivity contribution < 1.29 is 8.42 Å². The van der Waals surface area contributed by atoms with E-state index < -0.39 is 10.0 Å². The van der Waals surface area contributed by atoms with Crippen LogP contribution < -0.4 is 0 Å². The van der Waals surface area contributed by atoms with Crippen LogP contribution in [0, 0.1) is 0 Å². The molecule has 5 nitrogen and oxygen atoms in total. The number of piperazine rings is 1. The fourth-order valence-corrected chi connectivity index (χ4v) is 6.50. The quantitative estimate of drug-likeness (QED) is 0.680. The van der Waals surface area contributed by atoms with Gasteiger partial charge in [-0.1, -0.05) is 41.7 Å². The van der Waals surface area contributed by atoms with Gasteiger partial charge in [0.2, 0.25) is 10.0 Å². The van der Waals surface area contributed by atoms with E-state index >= 15 is 0 Å². The van der Waals surface area contributed by atoms with Crippen molar-refractivity contribution in [3.63, 3.8) is 0 Å². The highest BCUT2D eigenvalue weighted by Gasteiger charge is 2.32. The van der Waals surface area contributed by atoms with Crippen LogP contribution in [-0.4, -0.2) is 48.8 Å². The number of sulfonamides is 1. The molecule has 1 saturated heterocycles. The van der Waals surface area contributed by atoms with Crippen LogP contribution >= 0.6 is 46.1 Å². The Morgan fingerprint density at radius 2 is 1.73 bits per heavy atom. The molecule has 26 heavy (non-hydrogen) atoms. The maximum absolute atomic E-state index is 12.9. The van der Waals surface area contributed by atoms with Gasteiger partial charge in [-0.3, -0.25) is 4.90 Å². The van der Waals surface area contributed by atoms with Gasteiger partial charge in [0.1, 0.15) is 4.90 Å². The van der Waals surface area contributed by atoms with Crippen LogP contribution in [0.15, 0.2) is 22.4 Å². The molecular formula is C16H18Cl3N3O2S2. The van der Waals surface area contributed by atoms with Crippen molar-refractivity contribution in [1.29, 1.82) is 0 Å². The number of hydrogen-bond acceptors (Lipinski definition) is 5. The van der Waals surface area contributed by atoms with Gasteiger partial charge in [-0.25, -0.2) is 13.4 Å². The van der Waals surface area contributed by atoms with Crippen LogP contribution in [0.3, 0.4) is 0 Å². The zero-order chi connectivity index (χ0) is 18.9. The Balaban J connectivity index is 1.69. The number of rotatable bonds is 5. The first-order valence-corrected chi connectivity index (χ1v) is 11.6. The molecule has 3 rings (SSSR count). The summed E-state index contributed by atoms with van der Waals surface area (Å²) < 4.78 is 27.3. The van der Waals surface area contributed by atoms with Crippen molar-refractivity contribution in [2.45, 2.75) is 24.8 Å². The van der Waals surface area contributed by atoms with E-state index in [9.17, 15) is 8.42 Å². The molecule has 0 atom stereocenters. The number of hydrogen-bond donors (Lipinski definition) is 0. The Morgan fingerprint density at radius 3 is 2.27 bits per heavy atom. The first-order chi connectivity index (χ1) is 12.3. The Labute approximate surface area is 172 Å². The third-order valence-corrected chi connectivity index (χ3v) is 8.26. The van der Waals surface area contributed by atoms with Crippen molar-refractivity contribution in [1.82, 2.24) is 14.2 Å². The molecule has 0 spiro atoms. The monoisotopic (exact) mass is 453 g/mol. The number of aromatic nitrogens is 1. The third-order valence-electron chi connectivity index (χ3n) is 4.18. The Morgan fingerprint density at radius 1 is 1.12 bits per heavy atom. The average molecular weight is 455 g/mol. The molecule has 0 N–H and O–H groups in total. The average Bonchev–Trinajstić information content (AvgIpc) is 3.01. The molecule has 1 aliphatic rings. The fraction of sp³-hybridized carbons (Fsp3) is 0.438. The first kappa shape index (κ1) is 20.3. The Kier molecular flexibility index (Phi) is 6.49. The van der Waals surface area contributed by atoms with E-state index in [4.69, 9.17) is 34.8 Å². The van der Waals surface area contributed by atoms with Crippen LogP contribution in [0.4, 0.5) is 0 Å². The maximum Gasteiger partial charge on any atom is 0.246 e. The number of benzene rings is 1. The summed E-state index contributed by atoms with van der Waals surface area (Å²) >= 11 is 19.7. The van der Waals surface area contributed by atoms with Gasteiger partial charge >= 0.3 is 0 Å². The molecule has 1 aliphatic heterocycles. The third kappa shape index (κ3) is 4.35. The maximum atomic E-state index is 12.9. The van der Waals surface area contributed by atoms with Crippen LogP contribution in [0.1, 0.15) is 17.6 Å². The molecule has 0 aliphatic carbocycles. The molecule has 2 aromatic rings. The zero-order valence-corrected chi connectivity index (χ0v) is 18.0. The predicted molar refractivity (Wildman–Crippen MR) is 107 cm³/mol. The summed E-state index contributed by atoms with van der Waals surface area (Å²) in [6.07, 6.45) is 0.930. The highest BCUT2D eigenvalue weighted by molar-refractivity contribution is 7.89. The van der Waals surface area contributed by atoms with Gasteiger partial charge in [0.15, 0.2) is 0 Å². The second-order valence-corrected chi connectivity index (χ2v) is 10.0. The highest BCUT2D eigenvalue weighted by atomic mass is 35.5. The van der Waals surface area contributed by atoms with Crippen molar-refractivity contribution in [2.75, 3.05) is 26.2 Å². The van der Waals surface area contributed by atoms with E-state index in [1.54, 1.807) is 11.3 Å². The molecular weight excluding hydrogens is 437 g/mol. The molecule has 0 saturated carbocycles. The van der Waals surface area contributed by atoms with E-state index in [0.29, 0.717) is 31.2 Å². The standard InChI is InChI=1S/C16H18Cl3N3O2S2/c1-2-15-20-12(10-25-15)9-21-3-5-22(6-4-21)26(23,24)16-13(18)7-11(17)8-14(16)19/h7-8,10H,2-6,9H2,1H3. The van der Waals surface area contributed by atoms with Gasteiger partial charge in [-0.05, 0) is 18.6 Å². The smallest absolute Gasteiger partial charge is 0.246 e. The SMILES string of the molecule is CCc1nc(CN2CCN(S(=O)(=O)c3c(Cl)cc(Cl)cc3Cl)CC2)cs1. The van der Waals surface area contributed by atoms with Gasteiger partial charge in [0, 0.05) is 43.1 Å². The molecule has 0 radical (unpaired) electrons. The molecule has 0 amide bonds. The van der Waals surface area contributed by atoms with Gasteiger partial charge in [0.05, 0.1) is 20.7 Å². The molecule has 2 heterocycles. The zero-order valence-electron chi connectivity index (χ0n) is 14.1. The molecule has 1 fully saturated rings. The minimum atomic E-state index is -3.77. The number of aryl methyl sites for hydroxylation is 1. The summed E-state index contributed by atoms with van der Waals surface area (Å²) in [5.74, 6) is 0. The van der Waals surface area contributed by atoms with Crippen molar-refractivity contribution in [2.24, 2.45) is 0 Å². The highest BCUT2D eigenvalue weighted by Crippen LogP contribution is 2.34. The Hall–Kier alpha value is -0.410. The van der Waals surface area contributed by atoms with Crippen LogP contribution in [0.25, 0.3) is 0 Å². The van der Waals surface area contributed by atoms with Gasteiger partial charge < -0.3 is 0 Å². The van der Waals surface area contributed by atoms with E-state index in [-0.39, 0.29) is 14.9 Å². The van der Waals surface area contributed by atoms with Crippen LogP contribution in [0.2, 0.25) is 15.1 Å². The lowest BCUT2D eigenvalue weighted by molar-refractivity contribution is 0.180. The van der Waals surface area contributed by atoms with Crippen molar-refractivity contribution in [3.05, 3.63) is 43.3 Å². The van der Waals surface area contributed by atoms with E-state index in [1.165, 1.54) is 16.4 Å². The minimum absolute atomic E-state index is 0.0412. The van der Waals surface area contributed by atoms with Crippen molar-refractivity contribution >= 4 is 56.2 Å². The fourth-order valence-electron chi connectivity index (χ4n) is 2.85. The summed E-state index contributed by atoms with van der Waals surface area (Å²) in [6.45, 7) is 4.82. The number of nitrogens with zero attached hydrogens (tertiary/aromatic N) is 3. The largest absolute Gasteiger partial charge is 0.295 e. The molecule has 1 aromatic carbocycles. The second kappa shape index (κ2) is 8.31. The van der Waals surface area contributed by atoms with Crippen LogP contribution in [0.5, 0.6) is 0 Å². The lowest BCUT2D eigenvalue weighted by Gasteiger charge is -2.33. The Bertz CT molecular complexity index is 871. The minimum Gasteiger partial charge on any atom is -0.295 e. The van der Waals surface area contributed by atoms with E-state index in [2.05, 4.69) is 22.2 Å². The second-order valence-electron chi connectivity index (χ2n) is 5.96. The van der Waals surface area contributed by atoms with E-state index in [0.717, 1.165) is 23.7 Å². The number of thiazole rings is 1. The number of halogens is 3. The van der Waals surface area contributed by atoms with Gasteiger partial charge in [-0.2, -0.15) is 4.31 Å². The van der Waals surface area contributed by atoms with E-state index in [1.807, 2.05) is 0 Å². The van der Waals surface area contributed by atoms with Gasteiger partial charge in [0.25, 0.3) is 0 Å². The lowest BCUT2D eigenvalue weighted by Crippen LogP contribution is -2.48. The molecule has 1 aromatic heterocycles. The van der Waals surface area contributed by atoms with Gasteiger partial charge in [-0.15, -0.1) is 11.3 Å². The topological polar surface area (TPSA) is 53.5 Å². The lowest BCUT2D eigenvalue weighted by atomic mass is 10.3.